The van der Waals surface area contributed by atoms with Crippen molar-refractivity contribution in [2.45, 2.75) is 37.4 Å². The van der Waals surface area contributed by atoms with Crippen LogP contribution in [0.5, 0.6) is 0 Å². The average Bonchev–Trinajstić information content (AvgIpc) is 2.33. The van der Waals surface area contributed by atoms with Gasteiger partial charge in [0, 0.05) is 16.8 Å². The highest BCUT2D eigenvalue weighted by Crippen LogP contribution is 2.33. The molecule has 0 heterocycles. The van der Waals surface area contributed by atoms with Crippen LogP contribution < -0.4 is 0 Å². The Bertz CT molecular complexity index is 193. The highest BCUT2D eigenvalue weighted by molar-refractivity contribution is 8.00. The van der Waals surface area contributed by atoms with Gasteiger partial charge in [-0.25, -0.2) is 0 Å². The van der Waals surface area contributed by atoms with E-state index in [0.29, 0.717) is 0 Å². The molecule has 1 aliphatic rings. The molecule has 0 saturated heterocycles. The molecule has 0 spiro atoms. The van der Waals surface area contributed by atoms with E-state index < -0.39 is 0 Å². The summed E-state index contributed by atoms with van der Waals surface area (Å²) < 4.78 is 0. The van der Waals surface area contributed by atoms with Crippen molar-refractivity contribution in [3.05, 3.63) is 25.3 Å². The van der Waals surface area contributed by atoms with E-state index in [2.05, 4.69) is 24.9 Å². The SMILES string of the molecule is C=CCSCCC1CCC(SCC=C)CC1. The Kier molecular flexibility index (Phi) is 8.22. The van der Waals surface area contributed by atoms with Gasteiger partial charge in [-0.05, 0) is 43.8 Å². The standard InChI is InChI=1S/C14H24S2/c1-3-10-15-12-9-13-5-7-14(8-6-13)16-11-4-2/h3-4,13-14H,1-2,5-12H2. The van der Waals surface area contributed by atoms with Crippen molar-refractivity contribution in [1.82, 2.24) is 0 Å². The molecule has 2 heteroatoms. The average molecular weight is 256 g/mol. The molecule has 0 aromatic heterocycles. The fourth-order valence-electron chi connectivity index (χ4n) is 2.21. The maximum Gasteiger partial charge on any atom is 0.0113 e. The Labute approximate surface area is 109 Å². The maximum atomic E-state index is 3.79. The van der Waals surface area contributed by atoms with E-state index in [1.165, 1.54) is 37.9 Å². The predicted octanol–water partition coefficient (Wildman–Crippen LogP) is 4.77. The summed E-state index contributed by atoms with van der Waals surface area (Å²) in [4.78, 5) is 0. The summed E-state index contributed by atoms with van der Waals surface area (Å²) in [6.45, 7) is 7.54. The highest BCUT2D eigenvalue weighted by Gasteiger charge is 2.20. The molecular weight excluding hydrogens is 232 g/mol. The van der Waals surface area contributed by atoms with Gasteiger partial charge >= 0.3 is 0 Å². The van der Waals surface area contributed by atoms with Crippen LogP contribution in [-0.2, 0) is 0 Å². The second-order valence-electron chi connectivity index (χ2n) is 4.42. The Morgan fingerprint density at radius 2 is 1.69 bits per heavy atom. The Balaban J connectivity index is 2.02. The molecule has 92 valence electrons. The van der Waals surface area contributed by atoms with Crippen molar-refractivity contribution >= 4 is 23.5 Å². The van der Waals surface area contributed by atoms with Gasteiger partial charge in [-0.1, -0.05) is 12.2 Å². The number of hydrogen-bond donors (Lipinski definition) is 0. The van der Waals surface area contributed by atoms with Gasteiger partial charge in [-0.15, -0.1) is 13.2 Å². The van der Waals surface area contributed by atoms with E-state index in [-0.39, 0.29) is 0 Å². The molecular formula is C14H24S2. The molecule has 0 atom stereocenters. The van der Waals surface area contributed by atoms with Crippen molar-refractivity contribution in [2.75, 3.05) is 17.3 Å². The van der Waals surface area contributed by atoms with Crippen LogP contribution in [0.15, 0.2) is 25.3 Å². The molecule has 0 radical (unpaired) electrons. The summed E-state index contributed by atoms with van der Waals surface area (Å²) in [7, 11) is 0. The summed E-state index contributed by atoms with van der Waals surface area (Å²) in [5, 5.41) is 0.912. The minimum absolute atomic E-state index is 0.912. The largest absolute Gasteiger partial charge is 0.158 e. The first-order valence-electron chi connectivity index (χ1n) is 6.28. The van der Waals surface area contributed by atoms with Gasteiger partial charge in [0.15, 0.2) is 0 Å². The smallest absolute Gasteiger partial charge is 0.0113 e. The van der Waals surface area contributed by atoms with Crippen LogP contribution in [0, 0.1) is 5.92 Å². The normalized spacial score (nSPS) is 25.2. The lowest BCUT2D eigenvalue weighted by molar-refractivity contribution is 0.358. The van der Waals surface area contributed by atoms with Crippen molar-refractivity contribution in [3.8, 4) is 0 Å². The predicted molar refractivity (Wildman–Crippen MR) is 80.5 cm³/mol. The molecule has 1 fully saturated rings. The van der Waals surface area contributed by atoms with Crippen molar-refractivity contribution in [3.63, 3.8) is 0 Å². The van der Waals surface area contributed by atoms with Crippen molar-refractivity contribution in [1.29, 1.82) is 0 Å². The van der Waals surface area contributed by atoms with Crippen molar-refractivity contribution in [2.24, 2.45) is 5.92 Å². The number of thioether (sulfide) groups is 2. The minimum atomic E-state index is 0.912. The lowest BCUT2D eigenvalue weighted by Crippen LogP contribution is -2.17. The fraction of sp³-hybridized carbons (Fsp3) is 0.714. The second-order valence-corrected chi connectivity index (χ2v) is 6.90. The second kappa shape index (κ2) is 9.23. The van der Waals surface area contributed by atoms with E-state index in [1.807, 2.05) is 23.9 Å². The highest BCUT2D eigenvalue weighted by atomic mass is 32.2. The molecule has 0 N–H and O–H groups in total. The van der Waals surface area contributed by atoms with Crippen LogP contribution in [0.2, 0.25) is 0 Å². The first-order valence-corrected chi connectivity index (χ1v) is 8.48. The van der Waals surface area contributed by atoms with Crippen LogP contribution in [0.1, 0.15) is 32.1 Å². The van der Waals surface area contributed by atoms with E-state index in [9.17, 15) is 0 Å². The third kappa shape index (κ3) is 6.05. The molecule has 0 unspecified atom stereocenters. The third-order valence-electron chi connectivity index (χ3n) is 3.15. The zero-order chi connectivity index (χ0) is 11.6. The summed E-state index contributed by atoms with van der Waals surface area (Å²) in [6.07, 6.45) is 11.2. The van der Waals surface area contributed by atoms with Gasteiger partial charge in [0.2, 0.25) is 0 Å². The quantitative estimate of drug-likeness (QED) is 0.453. The summed E-state index contributed by atoms with van der Waals surface area (Å²) >= 11 is 4.12. The third-order valence-corrected chi connectivity index (χ3v) is 5.52. The van der Waals surface area contributed by atoms with Crippen molar-refractivity contribution < 1.29 is 0 Å². The van der Waals surface area contributed by atoms with E-state index >= 15 is 0 Å². The number of hydrogen-bond acceptors (Lipinski definition) is 2. The lowest BCUT2D eigenvalue weighted by Gasteiger charge is -2.27. The van der Waals surface area contributed by atoms with Crippen LogP contribution in [-0.4, -0.2) is 22.5 Å². The monoisotopic (exact) mass is 256 g/mol. The molecule has 0 aromatic rings. The molecule has 0 nitrogen and oxygen atoms in total. The first-order chi connectivity index (χ1) is 7.86. The first kappa shape index (κ1) is 14.2. The van der Waals surface area contributed by atoms with Crippen LogP contribution in [0.25, 0.3) is 0 Å². The molecule has 0 aliphatic heterocycles. The van der Waals surface area contributed by atoms with Gasteiger partial charge in [0.1, 0.15) is 0 Å². The summed E-state index contributed by atoms with van der Waals surface area (Å²) in [5.74, 6) is 4.56. The van der Waals surface area contributed by atoms with Gasteiger partial charge in [0.25, 0.3) is 0 Å². The zero-order valence-electron chi connectivity index (χ0n) is 10.2. The number of rotatable bonds is 8. The lowest BCUT2D eigenvalue weighted by atomic mass is 9.87. The fourth-order valence-corrected chi connectivity index (χ4v) is 4.06. The molecule has 0 amide bonds. The van der Waals surface area contributed by atoms with Gasteiger partial charge in [-0.2, -0.15) is 23.5 Å². The van der Waals surface area contributed by atoms with Gasteiger partial charge in [0.05, 0.1) is 0 Å². The molecule has 0 aromatic carbocycles. The maximum absolute atomic E-state index is 3.79. The van der Waals surface area contributed by atoms with Crippen LogP contribution >= 0.6 is 23.5 Å². The molecule has 1 aliphatic carbocycles. The van der Waals surface area contributed by atoms with Gasteiger partial charge in [-0.3, -0.25) is 0 Å². The summed E-state index contributed by atoms with van der Waals surface area (Å²) in [6, 6.07) is 0. The Morgan fingerprint density at radius 3 is 2.31 bits per heavy atom. The van der Waals surface area contributed by atoms with Gasteiger partial charge < -0.3 is 0 Å². The van der Waals surface area contributed by atoms with E-state index in [1.54, 1.807) is 0 Å². The topological polar surface area (TPSA) is 0 Å². The minimum Gasteiger partial charge on any atom is -0.158 e. The molecule has 16 heavy (non-hydrogen) atoms. The zero-order valence-corrected chi connectivity index (χ0v) is 11.8. The van der Waals surface area contributed by atoms with E-state index in [4.69, 9.17) is 0 Å². The Hall–Kier alpha value is 0.180. The van der Waals surface area contributed by atoms with Crippen LogP contribution in [0.4, 0.5) is 0 Å². The Morgan fingerprint density at radius 1 is 1.00 bits per heavy atom. The van der Waals surface area contributed by atoms with Crippen LogP contribution in [0.3, 0.4) is 0 Å². The molecule has 1 saturated carbocycles. The molecule has 0 bridgehead atoms. The molecule has 1 rings (SSSR count). The summed E-state index contributed by atoms with van der Waals surface area (Å²) in [5.41, 5.74) is 0. The van der Waals surface area contributed by atoms with E-state index in [0.717, 1.165) is 22.7 Å².